The summed E-state index contributed by atoms with van der Waals surface area (Å²) in [5.74, 6) is 1.39. The number of carbonyl (C=O) groups is 2. The molecule has 3 N–H and O–H groups in total. The molecule has 38 heavy (non-hydrogen) atoms. The number of hydrogen-bond donors (Lipinski definition) is 3. The fourth-order valence-corrected chi connectivity index (χ4v) is 3.85. The van der Waals surface area contributed by atoms with Gasteiger partial charge in [-0.25, -0.2) is 9.59 Å². The zero-order chi connectivity index (χ0) is 26.7. The number of aryl methyl sites for hydroxylation is 1. The van der Waals surface area contributed by atoms with Gasteiger partial charge in [-0.05, 0) is 91.7 Å². The van der Waals surface area contributed by atoms with Gasteiger partial charge in [-0.15, -0.1) is 0 Å². The molecule has 0 atom stereocenters. The summed E-state index contributed by atoms with van der Waals surface area (Å²) >= 11 is 5.97. The third-order valence-corrected chi connectivity index (χ3v) is 5.84. The Balaban J connectivity index is 1.38. The maximum absolute atomic E-state index is 13.2. The number of nitrogens with zero attached hydrogens (tertiary/aromatic N) is 1. The average molecular weight is 529 g/mol. The third kappa shape index (κ3) is 8.01. The Morgan fingerprint density at radius 2 is 1.50 bits per heavy atom. The summed E-state index contributed by atoms with van der Waals surface area (Å²) in [7, 11) is 0. The fraction of sp³-hybridized carbons (Fsp3) is 0.133. The Morgan fingerprint density at radius 3 is 2.21 bits per heavy atom. The summed E-state index contributed by atoms with van der Waals surface area (Å²) in [6, 6.07) is 30.7. The first-order valence-electron chi connectivity index (χ1n) is 12.2. The molecule has 0 saturated carbocycles. The van der Waals surface area contributed by atoms with E-state index in [1.807, 2.05) is 85.8 Å². The van der Waals surface area contributed by atoms with Crippen molar-refractivity contribution in [2.75, 3.05) is 28.6 Å². The number of benzene rings is 4. The van der Waals surface area contributed by atoms with E-state index in [1.165, 1.54) is 0 Å². The van der Waals surface area contributed by atoms with Crippen LogP contribution in [-0.4, -0.2) is 25.2 Å². The van der Waals surface area contributed by atoms with Gasteiger partial charge in [0.05, 0.1) is 0 Å². The molecule has 0 aromatic heterocycles. The smallest absolute Gasteiger partial charge is 0.326 e. The van der Waals surface area contributed by atoms with E-state index in [0.717, 1.165) is 17.0 Å². The lowest BCUT2D eigenvalue weighted by molar-refractivity contribution is 0.252. The number of amides is 4. The molecular formula is C30H29ClN4O3. The van der Waals surface area contributed by atoms with Gasteiger partial charge in [0, 0.05) is 35.2 Å². The first kappa shape index (κ1) is 26.6. The number of rotatable bonds is 9. The van der Waals surface area contributed by atoms with Crippen molar-refractivity contribution in [1.82, 2.24) is 5.32 Å². The van der Waals surface area contributed by atoms with Gasteiger partial charge in [0.25, 0.3) is 0 Å². The number of ether oxygens (including phenoxy) is 1. The average Bonchev–Trinajstić information content (AvgIpc) is 2.91. The lowest BCUT2D eigenvalue weighted by atomic mass is 10.2. The van der Waals surface area contributed by atoms with Gasteiger partial charge in [-0.3, -0.25) is 4.90 Å². The molecule has 0 spiro atoms. The molecule has 0 bridgehead atoms. The van der Waals surface area contributed by atoms with Crippen LogP contribution in [-0.2, 0) is 0 Å². The zero-order valence-electron chi connectivity index (χ0n) is 21.0. The summed E-state index contributed by atoms with van der Waals surface area (Å²) in [5.41, 5.74) is 3.11. The molecule has 0 aliphatic carbocycles. The largest absolute Gasteiger partial charge is 0.457 e. The molecule has 0 aliphatic rings. The number of anilines is 3. The Hall–Kier alpha value is -4.49. The van der Waals surface area contributed by atoms with E-state index >= 15 is 0 Å². The molecule has 4 aromatic rings. The first-order chi connectivity index (χ1) is 18.5. The minimum absolute atomic E-state index is 0.296. The number of halogens is 1. The quantitative estimate of drug-likeness (QED) is 0.195. The summed E-state index contributed by atoms with van der Waals surface area (Å²) in [5, 5.41) is 9.16. The maximum atomic E-state index is 13.2. The molecule has 4 aromatic carbocycles. The standard InChI is InChI=1S/C30H29ClN4O3/c1-22-7-5-8-25(21-22)33-29(36)32-19-6-20-35(30(37)34-24-13-11-23(31)12-14-24)26-15-17-28(18-16-26)38-27-9-3-2-4-10-27/h2-5,7-18,21H,6,19-20H2,1H3,(H,34,37)(H2,32,33,36). The number of carbonyl (C=O) groups excluding carboxylic acids is 2. The van der Waals surface area contributed by atoms with Gasteiger partial charge >= 0.3 is 12.1 Å². The lowest BCUT2D eigenvalue weighted by Gasteiger charge is -2.24. The fourth-order valence-electron chi connectivity index (χ4n) is 3.73. The first-order valence-corrected chi connectivity index (χ1v) is 12.6. The molecule has 7 nitrogen and oxygen atoms in total. The predicted molar refractivity (Wildman–Crippen MR) is 154 cm³/mol. The highest BCUT2D eigenvalue weighted by molar-refractivity contribution is 6.30. The van der Waals surface area contributed by atoms with E-state index in [1.54, 1.807) is 29.2 Å². The molecule has 4 amide bonds. The lowest BCUT2D eigenvalue weighted by Crippen LogP contribution is -2.38. The van der Waals surface area contributed by atoms with Crippen LogP contribution in [0.2, 0.25) is 5.02 Å². The van der Waals surface area contributed by atoms with Crippen molar-refractivity contribution in [2.45, 2.75) is 13.3 Å². The molecule has 4 rings (SSSR count). The Bertz CT molecular complexity index is 1350. The van der Waals surface area contributed by atoms with Gasteiger partial charge < -0.3 is 20.7 Å². The predicted octanol–water partition coefficient (Wildman–Crippen LogP) is 7.69. The summed E-state index contributed by atoms with van der Waals surface area (Å²) < 4.78 is 5.88. The van der Waals surface area contributed by atoms with Crippen molar-refractivity contribution >= 4 is 40.7 Å². The van der Waals surface area contributed by atoms with Gasteiger partial charge in [-0.1, -0.05) is 41.9 Å². The number of para-hydroxylation sites is 1. The van der Waals surface area contributed by atoms with E-state index < -0.39 is 0 Å². The second-order valence-electron chi connectivity index (χ2n) is 8.60. The molecule has 8 heteroatoms. The van der Waals surface area contributed by atoms with Gasteiger partial charge in [-0.2, -0.15) is 0 Å². The number of hydrogen-bond acceptors (Lipinski definition) is 3. The summed E-state index contributed by atoms with van der Waals surface area (Å²) in [6.45, 7) is 2.73. The van der Waals surface area contributed by atoms with Crippen molar-refractivity contribution in [3.8, 4) is 11.5 Å². The molecule has 0 aliphatic heterocycles. The second-order valence-corrected chi connectivity index (χ2v) is 9.04. The molecule has 0 fully saturated rings. The Morgan fingerprint density at radius 1 is 0.789 bits per heavy atom. The monoisotopic (exact) mass is 528 g/mol. The molecule has 0 saturated heterocycles. The number of urea groups is 2. The topological polar surface area (TPSA) is 82.7 Å². The van der Waals surface area contributed by atoms with E-state index in [4.69, 9.17) is 16.3 Å². The minimum atomic E-state index is -0.298. The molecule has 0 radical (unpaired) electrons. The van der Waals surface area contributed by atoms with Crippen LogP contribution < -0.4 is 25.6 Å². The number of nitrogens with one attached hydrogen (secondary N) is 3. The zero-order valence-corrected chi connectivity index (χ0v) is 21.7. The maximum Gasteiger partial charge on any atom is 0.326 e. The molecular weight excluding hydrogens is 500 g/mol. The van der Waals surface area contributed by atoms with Crippen LogP contribution >= 0.6 is 11.6 Å². The Labute approximate surface area is 227 Å². The van der Waals surface area contributed by atoms with Crippen molar-refractivity contribution in [3.63, 3.8) is 0 Å². The van der Waals surface area contributed by atoms with Crippen molar-refractivity contribution in [2.24, 2.45) is 0 Å². The second kappa shape index (κ2) is 13.2. The van der Waals surface area contributed by atoms with Crippen LogP contribution in [0.4, 0.5) is 26.7 Å². The van der Waals surface area contributed by atoms with E-state index in [9.17, 15) is 9.59 Å². The highest BCUT2D eigenvalue weighted by Gasteiger charge is 2.16. The van der Waals surface area contributed by atoms with Gasteiger partial charge in [0.1, 0.15) is 11.5 Å². The van der Waals surface area contributed by atoms with Crippen molar-refractivity contribution < 1.29 is 14.3 Å². The Kier molecular flexibility index (Phi) is 9.21. The van der Waals surface area contributed by atoms with Crippen molar-refractivity contribution in [3.05, 3.63) is 114 Å². The van der Waals surface area contributed by atoms with Crippen LogP contribution in [0, 0.1) is 6.92 Å². The normalized spacial score (nSPS) is 10.4. The van der Waals surface area contributed by atoms with Gasteiger partial charge in [0.2, 0.25) is 0 Å². The highest BCUT2D eigenvalue weighted by Crippen LogP contribution is 2.25. The van der Waals surface area contributed by atoms with Gasteiger partial charge in [0.15, 0.2) is 0 Å². The molecule has 0 unspecified atom stereocenters. The van der Waals surface area contributed by atoms with Crippen molar-refractivity contribution in [1.29, 1.82) is 0 Å². The van der Waals surface area contributed by atoms with Crippen LogP contribution in [0.5, 0.6) is 11.5 Å². The third-order valence-electron chi connectivity index (χ3n) is 5.59. The summed E-state index contributed by atoms with van der Waals surface area (Å²) in [4.78, 5) is 27.1. The highest BCUT2D eigenvalue weighted by atomic mass is 35.5. The van der Waals surface area contributed by atoms with E-state index in [-0.39, 0.29) is 12.1 Å². The molecule has 194 valence electrons. The van der Waals surface area contributed by atoms with E-state index in [2.05, 4.69) is 16.0 Å². The van der Waals surface area contributed by atoms with Crippen LogP contribution in [0.3, 0.4) is 0 Å². The summed E-state index contributed by atoms with van der Waals surface area (Å²) in [6.07, 6.45) is 0.539. The minimum Gasteiger partial charge on any atom is -0.457 e. The van der Waals surface area contributed by atoms with Crippen LogP contribution in [0.1, 0.15) is 12.0 Å². The van der Waals surface area contributed by atoms with Crippen LogP contribution in [0.15, 0.2) is 103 Å². The molecule has 0 heterocycles. The SMILES string of the molecule is Cc1cccc(NC(=O)NCCCN(C(=O)Nc2ccc(Cl)cc2)c2ccc(Oc3ccccc3)cc2)c1. The van der Waals surface area contributed by atoms with E-state index in [0.29, 0.717) is 41.7 Å². The van der Waals surface area contributed by atoms with Crippen LogP contribution in [0.25, 0.3) is 0 Å².